The molecule has 0 atom stereocenters. The Morgan fingerprint density at radius 1 is 1.36 bits per heavy atom. The van der Waals surface area contributed by atoms with Crippen molar-refractivity contribution in [1.82, 2.24) is 4.90 Å². The summed E-state index contributed by atoms with van der Waals surface area (Å²) in [5.74, 6) is 0.119. The number of aliphatic hydroxyl groups is 1. The van der Waals surface area contributed by atoms with Gasteiger partial charge in [0.1, 0.15) is 5.78 Å². The molecule has 0 aromatic heterocycles. The number of ether oxygens (including phenoxy) is 1. The molecule has 0 amide bonds. The van der Waals surface area contributed by atoms with Gasteiger partial charge in [0.05, 0.1) is 19.8 Å². The fourth-order valence-corrected chi connectivity index (χ4v) is 1.17. The fourth-order valence-electron chi connectivity index (χ4n) is 1.17. The average molecular weight is 203 g/mol. The maximum absolute atomic E-state index is 10.9. The average Bonchev–Trinajstić information content (AvgIpc) is 2.12. The highest BCUT2D eigenvalue weighted by molar-refractivity contribution is 5.77. The van der Waals surface area contributed by atoms with Gasteiger partial charge < -0.3 is 9.84 Å². The minimum absolute atomic E-state index is 0.0844. The van der Waals surface area contributed by atoms with Gasteiger partial charge in [-0.2, -0.15) is 0 Å². The molecule has 1 N–H and O–H groups in total. The Morgan fingerprint density at radius 3 is 2.57 bits per heavy atom. The van der Waals surface area contributed by atoms with Gasteiger partial charge in [-0.25, -0.2) is 0 Å². The number of rotatable bonds is 9. The van der Waals surface area contributed by atoms with E-state index in [1.54, 1.807) is 6.92 Å². The summed E-state index contributed by atoms with van der Waals surface area (Å²) < 4.78 is 5.31. The molecule has 4 nitrogen and oxygen atoms in total. The first-order chi connectivity index (χ1) is 6.70. The molecule has 0 saturated heterocycles. The standard InChI is InChI=1S/C10H21NO3/c1-3-7-14-8-5-11(4-6-12)9-10(2)13/h12H,3-9H2,1-2H3. The van der Waals surface area contributed by atoms with E-state index in [9.17, 15) is 4.79 Å². The molecule has 4 heteroatoms. The third-order valence-corrected chi connectivity index (χ3v) is 1.76. The predicted octanol–water partition coefficient (Wildman–Crippen LogP) is 0.296. The fraction of sp³-hybridized carbons (Fsp3) is 0.900. The minimum Gasteiger partial charge on any atom is -0.395 e. The zero-order chi connectivity index (χ0) is 10.8. The van der Waals surface area contributed by atoms with Gasteiger partial charge in [-0.05, 0) is 13.3 Å². The highest BCUT2D eigenvalue weighted by Gasteiger charge is 2.06. The Labute approximate surface area is 85.9 Å². The van der Waals surface area contributed by atoms with Crippen LogP contribution in [0.5, 0.6) is 0 Å². The van der Waals surface area contributed by atoms with Gasteiger partial charge in [-0.1, -0.05) is 6.92 Å². The van der Waals surface area contributed by atoms with Gasteiger partial charge in [0.2, 0.25) is 0 Å². The Bertz CT molecular complexity index is 150. The van der Waals surface area contributed by atoms with Gasteiger partial charge in [0.15, 0.2) is 0 Å². The van der Waals surface area contributed by atoms with E-state index >= 15 is 0 Å². The van der Waals surface area contributed by atoms with Gasteiger partial charge >= 0.3 is 0 Å². The molecular formula is C10H21NO3. The summed E-state index contributed by atoms with van der Waals surface area (Å²) in [6, 6.07) is 0. The SMILES string of the molecule is CCCOCCN(CCO)CC(C)=O. The van der Waals surface area contributed by atoms with Crippen molar-refractivity contribution in [3.8, 4) is 0 Å². The molecule has 84 valence electrons. The summed E-state index contributed by atoms with van der Waals surface area (Å²) in [5, 5.41) is 8.76. The first-order valence-corrected chi connectivity index (χ1v) is 5.11. The summed E-state index contributed by atoms with van der Waals surface area (Å²) >= 11 is 0. The van der Waals surface area contributed by atoms with Crippen LogP contribution in [0.1, 0.15) is 20.3 Å². The van der Waals surface area contributed by atoms with Crippen LogP contribution in [0.2, 0.25) is 0 Å². The number of carbonyl (C=O) groups is 1. The Kier molecular flexibility index (Phi) is 8.83. The summed E-state index contributed by atoms with van der Waals surface area (Å²) in [4.78, 5) is 12.8. The quantitative estimate of drug-likeness (QED) is 0.547. The number of hydrogen-bond acceptors (Lipinski definition) is 4. The zero-order valence-corrected chi connectivity index (χ0v) is 9.16. The van der Waals surface area contributed by atoms with Gasteiger partial charge in [0.25, 0.3) is 0 Å². The van der Waals surface area contributed by atoms with E-state index in [1.165, 1.54) is 0 Å². The molecule has 0 bridgehead atoms. The third kappa shape index (κ3) is 8.16. The van der Waals surface area contributed by atoms with Crippen molar-refractivity contribution in [2.24, 2.45) is 0 Å². The highest BCUT2D eigenvalue weighted by Crippen LogP contribution is 1.90. The molecule has 0 aromatic carbocycles. The first-order valence-electron chi connectivity index (χ1n) is 5.11. The van der Waals surface area contributed by atoms with Crippen LogP contribution in [0.15, 0.2) is 0 Å². The van der Waals surface area contributed by atoms with Crippen LogP contribution in [-0.4, -0.2) is 55.2 Å². The van der Waals surface area contributed by atoms with E-state index in [-0.39, 0.29) is 12.4 Å². The topological polar surface area (TPSA) is 49.8 Å². The van der Waals surface area contributed by atoms with E-state index in [1.807, 2.05) is 4.90 Å². The number of Topliss-reactive ketones (excluding diaryl/α,β-unsaturated/α-hetero) is 1. The second-order valence-electron chi connectivity index (χ2n) is 3.31. The summed E-state index contributed by atoms with van der Waals surface area (Å²) in [6.45, 7) is 6.72. The molecule has 0 aromatic rings. The molecule has 0 unspecified atom stereocenters. The van der Waals surface area contributed by atoms with E-state index < -0.39 is 0 Å². The number of carbonyl (C=O) groups excluding carboxylic acids is 1. The van der Waals surface area contributed by atoms with Crippen LogP contribution >= 0.6 is 0 Å². The third-order valence-electron chi connectivity index (χ3n) is 1.76. The molecule has 0 aliphatic rings. The number of hydrogen-bond donors (Lipinski definition) is 1. The normalized spacial score (nSPS) is 10.9. The number of ketones is 1. The van der Waals surface area contributed by atoms with E-state index in [2.05, 4.69) is 6.92 Å². The molecule has 14 heavy (non-hydrogen) atoms. The molecule has 0 fully saturated rings. The van der Waals surface area contributed by atoms with E-state index in [0.717, 1.165) is 13.0 Å². The predicted molar refractivity (Wildman–Crippen MR) is 55.3 cm³/mol. The highest BCUT2D eigenvalue weighted by atomic mass is 16.5. The number of aliphatic hydroxyl groups excluding tert-OH is 1. The van der Waals surface area contributed by atoms with Crippen LogP contribution < -0.4 is 0 Å². The molecular weight excluding hydrogens is 182 g/mol. The summed E-state index contributed by atoms with van der Waals surface area (Å²) in [7, 11) is 0. The largest absolute Gasteiger partial charge is 0.395 e. The molecule has 0 aliphatic carbocycles. The Morgan fingerprint density at radius 2 is 2.07 bits per heavy atom. The van der Waals surface area contributed by atoms with Crippen molar-refractivity contribution in [1.29, 1.82) is 0 Å². The van der Waals surface area contributed by atoms with Gasteiger partial charge in [-0.15, -0.1) is 0 Å². The molecule has 0 spiro atoms. The van der Waals surface area contributed by atoms with Crippen LogP contribution in [0.25, 0.3) is 0 Å². The monoisotopic (exact) mass is 203 g/mol. The molecule has 0 heterocycles. The molecule has 0 saturated carbocycles. The lowest BCUT2D eigenvalue weighted by molar-refractivity contribution is -0.118. The van der Waals surface area contributed by atoms with Crippen LogP contribution in [0, 0.1) is 0 Å². The summed E-state index contributed by atoms with van der Waals surface area (Å²) in [6.07, 6.45) is 1.01. The molecule has 0 aliphatic heterocycles. The van der Waals surface area contributed by atoms with Crippen LogP contribution in [-0.2, 0) is 9.53 Å². The van der Waals surface area contributed by atoms with E-state index in [4.69, 9.17) is 9.84 Å². The van der Waals surface area contributed by atoms with Crippen molar-refractivity contribution in [2.75, 3.05) is 39.5 Å². The second kappa shape index (κ2) is 9.12. The molecule has 0 rings (SSSR count). The van der Waals surface area contributed by atoms with Crippen molar-refractivity contribution in [2.45, 2.75) is 20.3 Å². The Hall–Kier alpha value is -0.450. The number of nitrogens with zero attached hydrogens (tertiary/aromatic N) is 1. The van der Waals surface area contributed by atoms with Gasteiger partial charge in [0, 0.05) is 19.7 Å². The maximum Gasteiger partial charge on any atom is 0.143 e. The minimum atomic E-state index is 0.0844. The summed E-state index contributed by atoms with van der Waals surface area (Å²) in [5.41, 5.74) is 0. The lowest BCUT2D eigenvalue weighted by Crippen LogP contribution is -2.34. The lowest BCUT2D eigenvalue weighted by atomic mass is 10.4. The van der Waals surface area contributed by atoms with Crippen molar-refractivity contribution in [3.63, 3.8) is 0 Å². The molecule has 0 radical (unpaired) electrons. The lowest BCUT2D eigenvalue weighted by Gasteiger charge is -2.19. The van der Waals surface area contributed by atoms with E-state index in [0.29, 0.717) is 26.2 Å². The first kappa shape index (κ1) is 13.5. The smallest absolute Gasteiger partial charge is 0.143 e. The van der Waals surface area contributed by atoms with Crippen LogP contribution in [0.4, 0.5) is 0 Å². The van der Waals surface area contributed by atoms with Gasteiger partial charge in [-0.3, -0.25) is 9.69 Å². The van der Waals surface area contributed by atoms with Crippen molar-refractivity contribution in [3.05, 3.63) is 0 Å². The van der Waals surface area contributed by atoms with Crippen molar-refractivity contribution < 1.29 is 14.6 Å². The zero-order valence-electron chi connectivity index (χ0n) is 9.16. The van der Waals surface area contributed by atoms with Crippen molar-refractivity contribution >= 4 is 5.78 Å². The second-order valence-corrected chi connectivity index (χ2v) is 3.31. The Balaban J connectivity index is 3.56. The maximum atomic E-state index is 10.9. The van der Waals surface area contributed by atoms with Crippen LogP contribution in [0.3, 0.4) is 0 Å².